The van der Waals surface area contributed by atoms with Crippen molar-refractivity contribution in [3.8, 4) is 0 Å². The molecule has 2 heterocycles. The monoisotopic (exact) mass is 163 g/mol. The van der Waals surface area contributed by atoms with Crippen molar-refractivity contribution >= 4 is 12.2 Å². The number of pyridine rings is 1. The number of aromatic nitrogens is 1. The lowest BCUT2D eigenvalue weighted by Gasteiger charge is -1.99. The van der Waals surface area contributed by atoms with Crippen LogP contribution in [0, 0.1) is 0 Å². The maximum Gasteiger partial charge on any atom is 0.370 e. The predicted octanol–water partition coefficient (Wildman–Crippen LogP) is -1.59. The summed E-state index contributed by atoms with van der Waals surface area (Å²) in [6.45, 7) is 0.0126. The Balaban J connectivity index is 2.43. The van der Waals surface area contributed by atoms with Gasteiger partial charge in [0.2, 0.25) is 11.9 Å². The molecule has 0 saturated heterocycles. The average molecular weight is 163 g/mol. The minimum absolute atomic E-state index is 0.0126. The van der Waals surface area contributed by atoms with Crippen LogP contribution in [0.3, 0.4) is 0 Å². The van der Waals surface area contributed by atoms with Gasteiger partial charge in [0.05, 0.1) is 6.20 Å². The Bertz CT molecular complexity index is 450. The van der Waals surface area contributed by atoms with Gasteiger partial charge >= 0.3 is 5.97 Å². The Hall–Kier alpha value is -1.71. The summed E-state index contributed by atoms with van der Waals surface area (Å²) >= 11 is 0. The Morgan fingerprint density at radius 3 is 3.17 bits per heavy atom. The highest BCUT2D eigenvalue weighted by Crippen LogP contribution is 1.78. The van der Waals surface area contributed by atoms with Crippen LogP contribution in [0.15, 0.2) is 18.5 Å². The zero-order valence-electron chi connectivity index (χ0n) is 6.27. The summed E-state index contributed by atoms with van der Waals surface area (Å²) in [5.41, 5.74) is 0. The zero-order valence-corrected chi connectivity index (χ0v) is 6.27. The van der Waals surface area contributed by atoms with Crippen LogP contribution >= 0.6 is 0 Å². The second-order valence-corrected chi connectivity index (χ2v) is 2.59. The lowest BCUT2D eigenvalue weighted by molar-refractivity contribution is -0.136. The van der Waals surface area contributed by atoms with Gasteiger partial charge in [-0.05, 0) is 6.07 Å². The molecule has 0 saturated carbocycles. The topological polar surface area (TPSA) is 53.2 Å². The summed E-state index contributed by atoms with van der Waals surface area (Å²) in [4.78, 5) is 14.2. The molecule has 0 unspecified atom stereocenters. The van der Waals surface area contributed by atoms with Gasteiger partial charge in [-0.3, -0.25) is 4.98 Å². The van der Waals surface area contributed by atoms with Gasteiger partial charge in [0, 0.05) is 6.20 Å². The zero-order chi connectivity index (χ0) is 8.55. The first-order valence-corrected chi connectivity index (χ1v) is 3.55. The number of carboxylic acid groups (broad SMARTS) is 1. The fourth-order valence-electron chi connectivity index (χ4n) is 1.19. The summed E-state index contributed by atoms with van der Waals surface area (Å²) in [5.74, 6) is -0.833. The quantitative estimate of drug-likeness (QED) is 0.535. The molecule has 0 bridgehead atoms. The maximum atomic E-state index is 10.3. The maximum absolute atomic E-state index is 10.3. The molecule has 0 aliphatic carbocycles. The number of hydrogen-bond donors (Lipinski definition) is 1. The normalized spacial score (nSPS) is 12.8. The van der Waals surface area contributed by atoms with Crippen molar-refractivity contribution in [1.82, 2.24) is 9.56 Å². The smallest absolute Gasteiger partial charge is 0.370 e. The van der Waals surface area contributed by atoms with Crippen molar-refractivity contribution in [3.63, 3.8) is 0 Å². The molecule has 1 aromatic heterocycles. The van der Waals surface area contributed by atoms with Gasteiger partial charge in [-0.1, -0.05) is 0 Å². The number of carboxylic acids is 1. The number of aliphatic carboxylic acids is 1. The van der Waals surface area contributed by atoms with E-state index >= 15 is 0 Å². The molecule has 1 N–H and O–H groups in total. The van der Waals surface area contributed by atoms with Crippen LogP contribution in [0.2, 0.25) is 0 Å². The summed E-state index contributed by atoms with van der Waals surface area (Å²) < 4.78 is 1.66. The van der Waals surface area contributed by atoms with Crippen molar-refractivity contribution in [2.24, 2.45) is 0 Å². The molecule has 0 fully saturated rings. The van der Waals surface area contributed by atoms with Gasteiger partial charge in [-0.2, -0.15) is 4.58 Å². The molecular weight excluding hydrogens is 156 g/mol. The van der Waals surface area contributed by atoms with Crippen LogP contribution < -0.4 is 15.2 Å². The fourth-order valence-corrected chi connectivity index (χ4v) is 1.19. The number of carbonyl (C=O) groups is 1. The van der Waals surface area contributed by atoms with E-state index < -0.39 is 5.97 Å². The molecular formula is C8H7N2O2+. The summed E-state index contributed by atoms with van der Waals surface area (Å²) in [6, 6.07) is 1.85. The van der Waals surface area contributed by atoms with Crippen LogP contribution in [-0.2, 0) is 4.79 Å². The van der Waals surface area contributed by atoms with Crippen molar-refractivity contribution in [2.75, 3.05) is 6.54 Å². The van der Waals surface area contributed by atoms with E-state index in [4.69, 9.17) is 5.11 Å². The van der Waals surface area contributed by atoms with E-state index in [1.165, 1.54) is 0 Å². The van der Waals surface area contributed by atoms with Crippen molar-refractivity contribution in [3.05, 3.63) is 29.0 Å². The van der Waals surface area contributed by atoms with E-state index in [1.807, 2.05) is 6.07 Å². The summed E-state index contributed by atoms with van der Waals surface area (Å²) in [7, 11) is 0. The third-order valence-corrected chi connectivity index (χ3v) is 1.74. The van der Waals surface area contributed by atoms with Gasteiger partial charge in [0.25, 0.3) is 0 Å². The Morgan fingerprint density at radius 2 is 2.50 bits per heavy atom. The molecule has 1 aliphatic rings. The van der Waals surface area contributed by atoms with Gasteiger partial charge in [0.1, 0.15) is 5.22 Å². The van der Waals surface area contributed by atoms with Crippen molar-refractivity contribution in [1.29, 1.82) is 0 Å². The molecule has 0 atom stereocenters. The molecule has 0 aromatic carbocycles. The highest BCUT2D eigenvalue weighted by Gasteiger charge is 2.16. The van der Waals surface area contributed by atoms with Gasteiger partial charge < -0.3 is 5.11 Å². The van der Waals surface area contributed by atoms with Gasteiger partial charge in [0.15, 0.2) is 6.20 Å². The number of nitrogens with zero attached hydrogens (tertiary/aromatic N) is 2. The number of hydrogen-bond acceptors (Lipinski definition) is 2. The van der Waals surface area contributed by atoms with Crippen LogP contribution in [-0.4, -0.2) is 22.6 Å². The van der Waals surface area contributed by atoms with E-state index in [0.717, 1.165) is 10.6 Å². The second kappa shape index (κ2) is 2.41. The molecule has 0 spiro atoms. The van der Waals surface area contributed by atoms with E-state index in [2.05, 4.69) is 4.98 Å². The van der Waals surface area contributed by atoms with E-state index in [-0.39, 0.29) is 6.54 Å². The third-order valence-electron chi connectivity index (χ3n) is 1.74. The Labute approximate surface area is 68.1 Å². The molecule has 2 rings (SSSR count). The predicted molar refractivity (Wildman–Crippen MR) is 41.7 cm³/mol. The fraction of sp³-hybridized carbons (Fsp3) is 0.125. The molecule has 0 amide bonds. The largest absolute Gasteiger partial charge is 0.477 e. The van der Waals surface area contributed by atoms with Crippen molar-refractivity contribution in [2.45, 2.75) is 0 Å². The van der Waals surface area contributed by atoms with Crippen LogP contribution in [0.5, 0.6) is 0 Å². The van der Waals surface area contributed by atoms with Crippen LogP contribution in [0.25, 0.3) is 6.20 Å². The minimum Gasteiger partial charge on any atom is -0.477 e. The standard InChI is InChI=1S/C8H6N2O2/c11-8(12)5-10-4-6-1-2-9-3-7(6)10/h1-4H,5H2/p+1. The third kappa shape index (κ3) is 0.972. The first kappa shape index (κ1) is 6.97. The summed E-state index contributed by atoms with van der Waals surface area (Å²) in [5, 5.41) is 10.4. The minimum atomic E-state index is -0.833. The van der Waals surface area contributed by atoms with E-state index in [1.54, 1.807) is 23.2 Å². The molecule has 4 nitrogen and oxygen atoms in total. The highest BCUT2D eigenvalue weighted by atomic mass is 16.4. The Kier molecular flexibility index (Phi) is 1.40. The number of rotatable bonds is 2. The SMILES string of the molecule is O=C(O)C[N+]1=c2cnccc2=C1. The first-order chi connectivity index (χ1) is 5.77. The Morgan fingerprint density at radius 1 is 1.67 bits per heavy atom. The molecule has 1 aromatic rings. The molecule has 4 heteroatoms. The molecule has 1 aliphatic heterocycles. The lowest BCUT2D eigenvalue weighted by Crippen LogP contribution is -2.48. The average Bonchev–Trinajstić information content (AvgIpc) is 2.00. The van der Waals surface area contributed by atoms with Gasteiger partial charge in [-0.25, -0.2) is 4.79 Å². The first-order valence-electron chi connectivity index (χ1n) is 3.55. The highest BCUT2D eigenvalue weighted by molar-refractivity contribution is 5.70. The van der Waals surface area contributed by atoms with Crippen molar-refractivity contribution < 1.29 is 9.90 Å². The van der Waals surface area contributed by atoms with Gasteiger partial charge in [-0.15, -0.1) is 0 Å². The van der Waals surface area contributed by atoms with E-state index in [9.17, 15) is 4.79 Å². The van der Waals surface area contributed by atoms with E-state index in [0.29, 0.717) is 0 Å². The van der Waals surface area contributed by atoms with Crippen LogP contribution in [0.1, 0.15) is 0 Å². The second-order valence-electron chi connectivity index (χ2n) is 2.59. The summed E-state index contributed by atoms with van der Waals surface area (Å²) in [6.07, 6.45) is 5.15. The lowest BCUT2D eigenvalue weighted by atomic mass is 10.3. The number of fused-ring (bicyclic) bond motifs is 1. The molecule has 12 heavy (non-hydrogen) atoms. The molecule has 60 valence electrons. The molecule has 0 radical (unpaired) electrons. The van der Waals surface area contributed by atoms with Crippen LogP contribution in [0.4, 0.5) is 0 Å².